The van der Waals surface area contributed by atoms with Crippen LogP contribution in [0.3, 0.4) is 0 Å². The first kappa shape index (κ1) is 14.6. The number of rotatable bonds is 2. The van der Waals surface area contributed by atoms with E-state index in [1.807, 2.05) is 0 Å². The molecule has 1 unspecified atom stereocenters. The van der Waals surface area contributed by atoms with Crippen LogP contribution in [-0.4, -0.2) is 18.4 Å². The van der Waals surface area contributed by atoms with Crippen molar-refractivity contribution in [1.82, 2.24) is 5.32 Å². The van der Waals surface area contributed by atoms with Crippen molar-refractivity contribution in [3.8, 4) is 0 Å². The zero-order valence-electron chi connectivity index (χ0n) is 7.83. The van der Waals surface area contributed by atoms with Gasteiger partial charge in [0, 0.05) is 12.5 Å². The Morgan fingerprint density at radius 2 is 2.08 bits per heavy atom. The van der Waals surface area contributed by atoms with Crippen LogP contribution in [-0.2, 0) is 0 Å². The fourth-order valence-electron chi connectivity index (χ4n) is 1.13. The van der Waals surface area contributed by atoms with Gasteiger partial charge in [-0.15, -0.1) is 24.8 Å². The Labute approximate surface area is 87.0 Å². The third-order valence-electron chi connectivity index (χ3n) is 1.57. The van der Waals surface area contributed by atoms with Gasteiger partial charge < -0.3 is 5.32 Å². The maximum atomic E-state index is 4.36. The van der Waals surface area contributed by atoms with Crippen LogP contribution in [0.4, 0.5) is 0 Å². The zero-order valence-corrected chi connectivity index (χ0v) is 9.47. The third-order valence-corrected chi connectivity index (χ3v) is 1.57. The molecule has 0 spiro atoms. The van der Waals surface area contributed by atoms with E-state index in [0.717, 1.165) is 18.9 Å². The second kappa shape index (κ2) is 6.55. The van der Waals surface area contributed by atoms with E-state index < -0.39 is 0 Å². The normalized spacial score (nSPS) is 20.7. The first-order chi connectivity index (χ1) is 4.68. The molecule has 0 aromatic carbocycles. The molecule has 0 fully saturated rings. The van der Waals surface area contributed by atoms with Crippen LogP contribution in [0, 0.1) is 5.92 Å². The fourth-order valence-corrected chi connectivity index (χ4v) is 1.13. The predicted molar refractivity (Wildman–Crippen MR) is 58.9 cm³/mol. The highest BCUT2D eigenvalue weighted by atomic mass is 35.5. The van der Waals surface area contributed by atoms with Gasteiger partial charge in [-0.25, -0.2) is 0 Å². The molecule has 1 N–H and O–H groups in total. The van der Waals surface area contributed by atoms with E-state index in [1.165, 1.54) is 5.84 Å². The number of nitrogens with zero attached hydrogens (tertiary/aromatic N) is 1. The average molecular weight is 213 g/mol. The molecular formula is C8H18Cl2N2. The minimum atomic E-state index is 0. The van der Waals surface area contributed by atoms with Gasteiger partial charge >= 0.3 is 0 Å². The van der Waals surface area contributed by atoms with Crippen molar-refractivity contribution in [1.29, 1.82) is 0 Å². The quantitative estimate of drug-likeness (QED) is 0.747. The summed E-state index contributed by atoms with van der Waals surface area (Å²) in [6, 6.07) is 0.564. The van der Waals surface area contributed by atoms with Crippen molar-refractivity contribution in [2.75, 3.05) is 6.54 Å². The summed E-state index contributed by atoms with van der Waals surface area (Å²) in [6.45, 7) is 7.55. The molecule has 0 bridgehead atoms. The van der Waals surface area contributed by atoms with Crippen LogP contribution in [0.25, 0.3) is 0 Å². The molecule has 0 amide bonds. The maximum Gasteiger partial charge on any atom is 0.0969 e. The zero-order chi connectivity index (χ0) is 7.56. The first-order valence-corrected chi connectivity index (χ1v) is 3.98. The number of amidine groups is 1. The lowest BCUT2D eigenvalue weighted by Crippen LogP contribution is -2.27. The Balaban J connectivity index is 0. The number of hydrogen-bond acceptors (Lipinski definition) is 2. The summed E-state index contributed by atoms with van der Waals surface area (Å²) in [5.41, 5.74) is 0. The van der Waals surface area contributed by atoms with Crippen LogP contribution in [0.15, 0.2) is 4.99 Å². The van der Waals surface area contributed by atoms with Gasteiger partial charge in [0.2, 0.25) is 0 Å². The van der Waals surface area contributed by atoms with Crippen molar-refractivity contribution in [2.24, 2.45) is 10.9 Å². The van der Waals surface area contributed by atoms with Gasteiger partial charge in [0.1, 0.15) is 0 Å². The molecule has 1 aliphatic heterocycles. The Kier molecular flexibility index (Phi) is 7.96. The van der Waals surface area contributed by atoms with Crippen molar-refractivity contribution in [3.05, 3.63) is 0 Å². The average Bonchev–Trinajstić information content (AvgIpc) is 2.13. The Morgan fingerprint density at radius 1 is 1.50 bits per heavy atom. The van der Waals surface area contributed by atoms with Crippen LogP contribution >= 0.6 is 24.8 Å². The molecule has 12 heavy (non-hydrogen) atoms. The molecule has 4 heteroatoms. The molecule has 0 saturated carbocycles. The molecule has 0 aliphatic carbocycles. The molecule has 0 saturated heterocycles. The van der Waals surface area contributed by atoms with E-state index in [4.69, 9.17) is 0 Å². The van der Waals surface area contributed by atoms with Crippen LogP contribution in [0.2, 0.25) is 0 Å². The molecular weight excluding hydrogens is 195 g/mol. The van der Waals surface area contributed by atoms with Gasteiger partial charge in [0.15, 0.2) is 0 Å². The molecule has 1 heterocycles. The fraction of sp³-hybridized carbons (Fsp3) is 0.875. The Hall–Kier alpha value is 0.0500. The second-order valence-electron chi connectivity index (χ2n) is 3.43. The summed E-state index contributed by atoms with van der Waals surface area (Å²) in [7, 11) is 0. The van der Waals surface area contributed by atoms with E-state index >= 15 is 0 Å². The SMILES string of the molecule is CC(C)CC1=NCC(C)N1.Cl.Cl. The van der Waals surface area contributed by atoms with Gasteiger partial charge in [-0.3, -0.25) is 4.99 Å². The highest BCUT2D eigenvalue weighted by Gasteiger charge is 2.12. The smallest absolute Gasteiger partial charge is 0.0969 e. The van der Waals surface area contributed by atoms with E-state index in [1.54, 1.807) is 0 Å². The lowest BCUT2D eigenvalue weighted by molar-refractivity contribution is 0.661. The first-order valence-electron chi connectivity index (χ1n) is 3.98. The molecule has 74 valence electrons. The molecule has 0 aromatic heterocycles. The molecule has 2 nitrogen and oxygen atoms in total. The van der Waals surface area contributed by atoms with Crippen molar-refractivity contribution in [2.45, 2.75) is 33.2 Å². The number of hydrogen-bond donors (Lipinski definition) is 1. The molecule has 1 rings (SSSR count). The van der Waals surface area contributed by atoms with Gasteiger partial charge in [-0.2, -0.15) is 0 Å². The van der Waals surface area contributed by atoms with Crippen molar-refractivity contribution >= 4 is 30.6 Å². The summed E-state index contributed by atoms with van der Waals surface area (Å²) in [4.78, 5) is 4.36. The largest absolute Gasteiger partial charge is 0.370 e. The summed E-state index contributed by atoms with van der Waals surface area (Å²) in [6.07, 6.45) is 1.10. The monoisotopic (exact) mass is 212 g/mol. The van der Waals surface area contributed by atoms with Gasteiger partial charge in [0.05, 0.1) is 12.4 Å². The van der Waals surface area contributed by atoms with Gasteiger partial charge in [-0.1, -0.05) is 13.8 Å². The van der Waals surface area contributed by atoms with Crippen LogP contribution in [0.1, 0.15) is 27.2 Å². The standard InChI is InChI=1S/C8H16N2.2ClH/c1-6(2)4-8-9-5-7(3)10-8;;/h6-7H,4-5H2,1-3H3,(H,9,10);2*1H. The second-order valence-corrected chi connectivity index (χ2v) is 3.43. The number of nitrogens with one attached hydrogen (secondary N) is 1. The lowest BCUT2D eigenvalue weighted by Gasteiger charge is -2.07. The van der Waals surface area contributed by atoms with Crippen molar-refractivity contribution in [3.63, 3.8) is 0 Å². The van der Waals surface area contributed by atoms with Gasteiger partial charge in [-0.05, 0) is 12.8 Å². The number of aliphatic imine (C=N–C) groups is 1. The third kappa shape index (κ3) is 4.83. The topological polar surface area (TPSA) is 24.4 Å². The van der Waals surface area contributed by atoms with E-state index in [0.29, 0.717) is 6.04 Å². The van der Waals surface area contributed by atoms with Crippen LogP contribution < -0.4 is 5.32 Å². The van der Waals surface area contributed by atoms with E-state index in [-0.39, 0.29) is 24.8 Å². The minimum absolute atomic E-state index is 0. The highest BCUT2D eigenvalue weighted by molar-refractivity contribution is 5.85. The van der Waals surface area contributed by atoms with Gasteiger partial charge in [0.25, 0.3) is 0 Å². The summed E-state index contributed by atoms with van der Waals surface area (Å²) < 4.78 is 0. The summed E-state index contributed by atoms with van der Waals surface area (Å²) in [5.74, 6) is 1.92. The Morgan fingerprint density at radius 3 is 2.42 bits per heavy atom. The predicted octanol–water partition coefficient (Wildman–Crippen LogP) is 2.27. The molecule has 0 aromatic rings. The molecule has 0 radical (unpaired) electrons. The number of halogens is 2. The summed E-state index contributed by atoms with van der Waals surface area (Å²) >= 11 is 0. The van der Waals surface area contributed by atoms with E-state index in [2.05, 4.69) is 31.1 Å². The van der Waals surface area contributed by atoms with E-state index in [9.17, 15) is 0 Å². The minimum Gasteiger partial charge on any atom is -0.370 e. The highest BCUT2D eigenvalue weighted by Crippen LogP contribution is 2.04. The summed E-state index contributed by atoms with van der Waals surface area (Å²) in [5, 5.41) is 3.34. The Bertz CT molecular complexity index is 146. The molecule has 1 atom stereocenters. The maximum absolute atomic E-state index is 4.36. The van der Waals surface area contributed by atoms with Crippen LogP contribution in [0.5, 0.6) is 0 Å². The molecule has 1 aliphatic rings. The lowest BCUT2D eigenvalue weighted by atomic mass is 10.1. The van der Waals surface area contributed by atoms with Crippen molar-refractivity contribution < 1.29 is 0 Å².